The first-order valence-electron chi connectivity index (χ1n) is 7.76. The lowest BCUT2D eigenvalue weighted by Gasteiger charge is -2.30. The van der Waals surface area contributed by atoms with Gasteiger partial charge in [-0.2, -0.15) is 8.42 Å². The summed E-state index contributed by atoms with van der Waals surface area (Å²) in [5.41, 5.74) is 2.43. The molecule has 27 heavy (non-hydrogen) atoms. The summed E-state index contributed by atoms with van der Waals surface area (Å²) in [6.45, 7) is 2.01. The number of benzene rings is 2. The Bertz CT molecular complexity index is 1050. The molecule has 10 heteroatoms. The van der Waals surface area contributed by atoms with E-state index in [9.17, 15) is 13.2 Å². The predicted octanol–water partition coefficient (Wildman–Crippen LogP) is 3.88. The number of oxime groups is 1. The van der Waals surface area contributed by atoms with Crippen LogP contribution in [0.5, 0.6) is 0 Å². The maximum atomic E-state index is 13.1. The van der Waals surface area contributed by atoms with Crippen LogP contribution in [0.15, 0.2) is 41.6 Å². The van der Waals surface area contributed by atoms with Crippen molar-refractivity contribution in [1.82, 2.24) is 0 Å². The van der Waals surface area contributed by atoms with Crippen molar-refractivity contribution >= 4 is 50.9 Å². The number of amides is 1. The molecule has 0 saturated carbocycles. The van der Waals surface area contributed by atoms with Crippen molar-refractivity contribution < 1.29 is 22.0 Å². The molecule has 1 N–H and O–H groups in total. The monoisotopic (exact) mass is 428 g/mol. The van der Waals surface area contributed by atoms with Crippen molar-refractivity contribution in [2.24, 2.45) is 5.16 Å². The largest absolute Gasteiger partial charge is 0.466 e. The van der Waals surface area contributed by atoms with Crippen molar-refractivity contribution in [2.45, 2.75) is 13.3 Å². The van der Waals surface area contributed by atoms with E-state index >= 15 is 0 Å². The SMILES string of the molecule is Cc1cc(Cl)ccc1C(=O)N1CC/C(=N\OS(=O)(=O)O)c2ccc(Cl)cc21. The molecule has 0 fully saturated rings. The van der Waals surface area contributed by atoms with Crippen molar-refractivity contribution in [3.8, 4) is 0 Å². The zero-order valence-corrected chi connectivity index (χ0v) is 16.3. The van der Waals surface area contributed by atoms with Gasteiger partial charge in [0.25, 0.3) is 5.91 Å². The van der Waals surface area contributed by atoms with Gasteiger partial charge in [0.05, 0.1) is 11.4 Å². The first kappa shape index (κ1) is 19.6. The van der Waals surface area contributed by atoms with Gasteiger partial charge in [0.15, 0.2) is 0 Å². The lowest BCUT2D eigenvalue weighted by atomic mass is 9.98. The fourth-order valence-electron chi connectivity index (χ4n) is 2.86. The summed E-state index contributed by atoms with van der Waals surface area (Å²) >= 11 is 12.0. The fourth-order valence-corrected chi connectivity index (χ4v) is 3.43. The molecule has 0 atom stereocenters. The predicted molar refractivity (Wildman–Crippen MR) is 103 cm³/mol. The lowest BCUT2D eigenvalue weighted by molar-refractivity contribution is 0.0986. The Kier molecular flexibility index (Phi) is 5.43. The highest BCUT2D eigenvalue weighted by atomic mass is 35.5. The molecule has 1 heterocycles. The van der Waals surface area contributed by atoms with Crippen LogP contribution < -0.4 is 4.90 Å². The van der Waals surface area contributed by atoms with Gasteiger partial charge in [0.1, 0.15) is 0 Å². The van der Waals surface area contributed by atoms with Gasteiger partial charge in [0.2, 0.25) is 0 Å². The van der Waals surface area contributed by atoms with Crippen LogP contribution in [0.4, 0.5) is 5.69 Å². The molecule has 142 valence electrons. The molecule has 0 saturated heterocycles. The van der Waals surface area contributed by atoms with Gasteiger partial charge in [-0.05, 0) is 48.9 Å². The molecule has 0 aliphatic carbocycles. The molecule has 1 amide bonds. The Morgan fingerprint density at radius 1 is 1.19 bits per heavy atom. The number of aryl methyl sites for hydroxylation is 1. The van der Waals surface area contributed by atoms with Crippen LogP contribution in [0.1, 0.15) is 27.9 Å². The summed E-state index contributed by atoms with van der Waals surface area (Å²) in [5, 5.41) is 4.43. The third kappa shape index (κ3) is 4.41. The third-order valence-electron chi connectivity index (χ3n) is 4.04. The van der Waals surface area contributed by atoms with Crippen LogP contribution >= 0.6 is 23.2 Å². The number of hydrogen-bond acceptors (Lipinski definition) is 5. The molecule has 0 radical (unpaired) electrons. The van der Waals surface area contributed by atoms with E-state index in [1.165, 1.54) is 4.90 Å². The van der Waals surface area contributed by atoms with Gasteiger partial charge in [-0.15, -0.1) is 0 Å². The number of halogens is 2. The summed E-state index contributed by atoms with van der Waals surface area (Å²) in [7, 11) is -4.72. The quantitative estimate of drug-likeness (QED) is 0.590. The molecule has 7 nitrogen and oxygen atoms in total. The van der Waals surface area contributed by atoms with Crippen LogP contribution in [0.2, 0.25) is 10.0 Å². The Hall–Kier alpha value is -2.13. The number of rotatable bonds is 3. The minimum atomic E-state index is -4.72. The normalized spacial score (nSPS) is 15.6. The second-order valence-electron chi connectivity index (χ2n) is 5.87. The number of hydrogen-bond donors (Lipinski definition) is 1. The first-order chi connectivity index (χ1) is 12.7. The Labute approximate surface area is 166 Å². The summed E-state index contributed by atoms with van der Waals surface area (Å²) in [6.07, 6.45) is 0.225. The van der Waals surface area contributed by atoms with E-state index in [2.05, 4.69) is 9.44 Å². The molecule has 2 aromatic rings. The Morgan fingerprint density at radius 2 is 1.85 bits per heavy atom. The maximum Gasteiger partial charge on any atom is 0.466 e. The van der Waals surface area contributed by atoms with Crippen LogP contribution in [0, 0.1) is 6.92 Å². The summed E-state index contributed by atoms with van der Waals surface area (Å²) in [5.74, 6) is -0.248. The van der Waals surface area contributed by atoms with Gasteiger partial charge < -0.3 is 4.90 Å². The van der Waals surface area contributed by atoms with Crippen LogP contribution in [0.25, 0.3) is 0 Å². The van der Waals surface area contributed by atoms with Gasteiger partial charge in [-0.3, -0.25) is 9.35 Å². The molecule has 0 unspecified atom stereocenters. The van der Waals surface area contributed by atoms with Gasteiger partial charge in [-0.25, -0.2) is 4.28 Å². The van der Waals surface area contributed by atoms with E-state index in [0.717, 1.165) is 5.56 Å². The van der Waals surface area contributed by atoms with Crippen LogP contribution in [-0.2, 0) is 14.7 Å². The molecule has 1 aliphatic heterocycles. The van der Waals surface area contributed by atoms with Crippen molar-refractivity contribution in [3.63, 3.8) is 0 Å². The Balaban J connectivity index is 2.03. The lowest BCUT2D eigenvalue weighted by Crippen LogP contribution is -2.38. The average molecular weight is 429 g/mol. The highest BCUT2D eigenvalue weighted by molar-refractivity contribution is 7.80. The van der Waals surface area contributed by atoms with E-state index in [-0.39, 0.29) is 24.6 Å². The molecule has 0 aromatic heterocycles. The maximum absolute atomic E-state index is 13.1. The minimum absolute atomic E-state index is 0.224. The second kappa shape index (κ2) is 7.47. The second-order valence-corrected chi connectivity index (χ2v) is 7.75. The Morgan fingerprint density at radius 3 is 2.52 bits per heavy atom. The van der Waals surface area contributed by atoms with Gasteiger partial charge in [0, 0.05) is 34.1 Å². The minimum Gasteiger partial charge on any atom is -0.307 e. The smallest absolute Gasteiger partial charge is 0.307 e. The molecule has 0 bridgehead atoms. The first-order valence-corrected chi connectivity index (χ1v) is 9.88. The molecular formula is C17H14Cl2N2O5S. The zero-order valence-electron chi connectivity index (χ0n) is 14.0. The molecule has 0 spiro atoms. The van der Waals surface area contributed by atoms with E-state index < -0.39 is 10.4 Å². The van der Waals surface area contributed by atoms with E-state index in [1.54, 1.807) is 43.3 Å². The van der Waals surface area contributed by atoms with Crippen LogP contribution in [0.3, 0.4) is 0 Å². The molecule has 3 rings (SSSR count). The summed E-state index contributed by atoms with van der Waals surface area (Å²) < 4.78 is 34.4. The van der Waals surface area contributed by atoms with E-state index in [4.69, 9.17) is 27.8 Å². The van der Waals surface area contributed by atoms with Crippen molar-refractivity contribution in [1.29, 1.82) is 0 Å². The average Bonchev–Trinajstić information content (AvgIpc) is 2.58. The van der Waals surface area contributed by atoms with E-state index in [0.29, 0.717) is 26.9 Å². The number of nitrogens with zero attached hydrogens (tertiary/aromatic N) is 2. The standard InChI is InChI=1S/C17H14Cl2N2O5S/c1-10-8-11(18)2-4-13(10)17(22)21-7-6-15(20-26-27(23,24)25)14-5-3-12(19)9-16(14)21/h2-5,8-9H,6-7H2,1H3,(H,23,24,25)/b20-15+. The van der Waals surface area contributed by atoms with Crippen LogP contribution in [-0.4, -0.2) is 31.1 Å². The molecular weight excluding hydrogens is 415 g/mol. The topological polar surface area (TPSA) is 96.3 Å². The van der Waals surface area contributed by atoms with Crippen molar-refractivity contribution in [2.75, 3.05) is 11.4 Å². The molecule has 2 aromatic carbocycles. The summed E-state index contributed by atoms with van der Waals surface area (Å²) in [6, 6.07) is 9.77. The fraction of sp³-hybridized carbons (Fsp3) is 0.176. The zero-order chi connectivity index (χ0) is 19.8. The number of carbonyl (C=O) groups excluding carboxylic acids is 1. The highest BCUT2D eigenvalue weighted by Gasteiger charge is 2.28. The number of anilines is 1. The summed E-state index contributed by atoms with van der Waals surface area (Å²) in [4.78, 5) is 14.6. The van der Waals surface area contributed by atoms with E-state index in [1.807, 2.05) is 0 Å². The number of fused-ring (bicyclic) bond motifs is 1. The van der Waals surface area contributed by atoms with Gasteiger partial charge >= 0.3 is 10.4 Å². The number of carbonyl (C=O) groups is 1. The van der Waals surface area contributed by atoms with Gasteiger partial charge in [-0.1, -0.05) is 28.4 Å². The highest BCUT2D eigenvalue weighted by Crippen LogP contribution is 2.32. The molecule has 1 aliphatic rings. The third-order valence-corrected chi connectivity index (χ3v) is 4.77. The van der Waals surface area contributed by atoms with Crippen molar-refractivity contribution in [3.05, 3.63) is 63.1 Å².